The first-order valence-electron chi connectivity index (χ1n) is 12.3. The van der Waals surface area contributed by atoms with Gasteiger partial charge in [-0.05, 0) is 35.4 Å². The summed E-state index contributed by atoms with van der Waals surface area (Å²) in [6, 6.07) is 31.8. The van der Waals surface area contributed by atoms with Crippen LogP contribution < -0.4 is 0 Å². The van der Waals surface area contributed by atoms with Crippen molar-refractivity contribution in [2.75, 3.05) is 0 Å². The molecule has 4 rings (SSSR count). The summed E-state index contributed by atoms with van der Waals surface area (Å²) in [5, 5.41) is 5.18. The third kappa shape index (κ3) is 6.28. The third-order valence-corrected chi connectivity index (χ3v) is 6.52. The van der Waals surface area contributed by atoms with Crippen LogP contribution >= 0.6 is 8.25 Å². The van der Waals surface area contributed by atoms with Crippen molar-refractivity contribution in [3.63, 3.8) is 0 Å². The van der Waals surface area contributed by atoms with E-state index in [2.05, 4.69) is 130 Å². The van der Waals surface area contributed by atoms with Crippen LogP contribution in [0, 0.1) is 11.8 Å². The zero-order chi connectivity index (χ0) is 27.0. The summed E-state index contributed by atoms with van der Waals surface area (Å²) < 4.78 is 10.8. The van der Waals surface area contributed by atoms with E-state index in [1.54, 1.807) is 0 Å². The largest absolute Gasteiger partial charge is 0.692 e. The van der Waals surface area contributed by atoms with Gasteiger partial charge in [0, 0.05) is 10.1 Å². The minimum absolute atomic E-state index is 0.336. The molecule has 6 nitrogen and oxygen atoms in total. The Kier molecular flexibility index (Phi) is 9.65. The number of hydrogen-bond acceptors (Lipinski definition) is 3. The van der Waals surface area contributed by atoms with Gasteiger partial charge < -0.3 is 0 Å². The zero-order valence-electron chi connectivity index (χ0n) is 22.0. The van der Waals surface area contributed by atoms with Gasteiger partial charge in [0.2, 0.25) is 0 Å². The zero-order valence-corrected chi connectivity index (χ0v) is 22.9. The van der Waals surface area contributed by atoms with Crippen molar-refractivity contribution in [1.29, 1.82) is 0 Å². The molecule has 0 aliphatic carbocycles. The molecule has 192 valence electrons. The summed E-state index contributed by atoms with van der Waals surface area (Å²) in [4.78, 5) is 19.1. The van der Waals surface area contributed by atoms with Crippen LogP contribution in [0.5, 0.6) is 0 Å². The standard InChI is InChI=1S/C30H33N3.HO3P/c1-22(2)24(5)28(23(3)4)29-31-21-33(32-29)30(25-15-9-6-10-16-25,26-17-11-7-12-18-26)27-19-13-8-14-20-27;1-4(2)3/h6-23H,1-5H3;(H-,1,2,3)/p+1/b28-24+;. The average Bonchev–Trinajstić information content (AvgIpc) is 3.35. The Balaban J connectivity index is 0.000000886. The Hall–Kier alpha value is -3.44. The summed E-state index contributed by atoms with van der Waals surface area (Å²) in [5.41, 5.74) is 5.38. The summed E-state index contributed by atoms with van der Waals surface area (Å²) >= 11 is 0. The molecule has 2 N–H and O–H groups in total. The smallest absolute Gasteiger partial charge is 0.233 e. The van der Waals surface area contributed by atoms with E-state index >= 15 is 0 Å². The van der Waals surface area contributed by atoms with Crippen molar-refractivity contribution in [1.82, 2.24) is 14.8 Å². The Bertz CT molecular complexity index is 1220. The van der Waals surface area contributed by atoms with E-state index in [9.17, 15) is 0 Å². The Morgan fingerprint density at radius 2 is 1.14 bits per heavy atom. The van der Waals surface area contributed by atoms with E-state index < -0.39 is 13.8 Å². The monoisotopic (exact) mass is 516 g/mol. The van der Waals surface area contributed by atoms with E-state index in [-0.39, 0.29) is 0 Å². The van der Waals surface area contributed by atoms with Gasteiger partial charge in [0.05, 0.1) is 0 Å². The normalized spacial score (nSPS) is 12.1. The number of benzene rings is 3. The molecular weight excluding hydrogens is 481 g/mol. The van der Waals surface area contributed by atoms with E-state index in [1.165, 1.54) is 11.1 Å². The number of rotatable bonds is 7. The van der Waals surface area contributed by atoms with Crippen molar-refractivity contribution in [3.8, 4) is 0 Å². The van der Waals surface area contributed by atoms with E-state index in [1.807, 2.05) is 6.33 Å². The molecule has 0 aliphatic heterocycles. The van der Waals surface area contributed by atoms with E-state index in [4.69, 9.17) is 24.4 Å². The van der Waals surface area contributed by atoms with Gasteiger partial charge in [-0.25, -0.2) is 9.67 Å². The van der Waals surface area contributed by atoms with Gasteiger partial charge in [-0.3, -0.25) is 0 Å². The predicted octanol–water partition coefficient (Wildman–Crippen LogP) is 6.83. The average molecular weight is 517 g/mol. The SMILES string of the molecule is C/C(=C(\c1ncn(C(c2ccccc2)(c2ccccc2)c2ccccc2)n1)C(C)C)C(C)C.O=[P+](O)O. The molecule has 0 spiro atoms. The molecule has 0 fully saturated rings. The van der Waals surface area contributed by atoms with Crippen molar-refractivity contribution in [2.24, 2.45) is 11.8 Å². The molecule has 0 atom stereocenters. The molecule has 0 bridgehead atoms. The van der Waals surface area contributed by atoms with Crippen LogP contribution in [0.2, 0.25) is 0 Å². The predicted molar refractivity (Wildman–Crippen MR) is 149 cm³/mol. The highest BCUT2D eigenvalue weighted by Gasteiger charge is 2.40. The van der Waals surface area contributed by atoms with Gasteiger partial charge >= 0.3 is 8.25 Å². The lowest BCUT2D eigenvalue weighted by atomic mass is 9.77. The molecule has 0 unspecified atom stereocenters. The van der Waals surface area contributed by atoms with Crippen molar-refractivity contribution in [2.45, 2.75) is 40.2 Å². The van der Waals surface area contributed by atoms with Crippen LogP contribution in [-0.2, 0) is 10.1 Å². The first-order valence-corrected chi connectivity index (χ1v) is 13.5. The third-order valence-electron chi connectivity index (χ3n) is 6.52. The van der Waals surface area contributed by atoms with Crippen LogP contribution in [0.1, 0.15) is 57.1 Å². The van der Waals surface area contributed by atoms with Crippen LogP contribution in [0.4, 0.5) is 0 Å². The van der Waals surface area contributed by atoms with Gasteiger partial charge in [0.25, 0.3) is 0 Å². The molecule has 0 saturated carbocycles. The highest BCUT2D eigenvalue weighted by atomic mass is 31.1. The number of allylic oxidation sites excluding steroid dienone is 2. The van der Waals surface area contributed by atoms with Crippen LogP contribution in [-0.4, -0.2) is 24.6 Å². The molecule has 1 heterocycles. The van der Waals surface area contributed by atoms with Gasteiger partial charge in [-0.1, -0.05) is 124 Å². The second-order valence-corrected chi connectivity index (χ2v) is 9.99. The van der Waals surface area contributed by atoms with Gasteiger partial charge in [-0.2, -0.15) is 0 Å². The molecule has 4 aromatic rings. The molecule has 1 aromatic heterocycles. The molecule has 3 aromatic carbocycles. The van der Waals surface area contributed by atoms with Crippen LogP contribution in [0.3, 0.4) is 0 Å². The Labute approximate surface area is 220 Å². The summed E-state index contributed by atoms with van der Waals surface area (Å²) in [5.74, 6) is 1.59. The first-order chi connectivity index (χ1) is 17.7. The minimum Gasteiger partial charge on any atom is -0.233 e. The Morgan fingerprint density at radius 1 is 0.757 bits per heavy atom. The second kappa shape index (κ2) is 12.7. The number of aromatic nitrogens is 3. The highest BCUT2D eigenvalue weighted by Crippen LogP contribution is 2.40. The molecule has 37 heavy (non-hydrogen) atoms. The lowest BCUT2D eigenvalue weighted by Crippen LogP contribution is -2.38. The highest BCUT2D eigenvalue weighted by molar-refractivity contribution is 7.30. The first kappa shape index (κ1) is 28.1. The summed E-state index contributed by atoms with van der Waals surface area (Å²) in [6.45, 7) is 11.1. The lowest BCUT2D eigenvalue weighted by molar-refractivity contribution is 0.405. The van der Waals surface area contributed by atoms with Crippen molar-refractivity contribution >= 4 is 13.8 Å². The molecule has 0 saturated heterocycles. The van der Waals surface area contributed by atoms with Crippen molar-refractivity contribution < 1.29 is 14.4 Å². The fraction of sp³-hybridized carbons (Fsp3) is 0.267. The van der Waals surface area contributed by atoms with Gasteiger partial charge in [-0.15, -0.1) is 14.9 Å². The lowest BCUT2D eigenvalue weighted by Gasteiger charge is -2.35. The van der Waals surface area contributed by atoms with Crippen molar-refractivity contribution in [3.05, 3.63) is 125 Å². The summed E-state index contributed by atoms with van der Waals surface area (Å²) in [6.07, 6.45) is 1.90. The number of nitrogens with zero attached hydrogens (tertiary/aromatic N) is 3. The Morgan fingerprint density at radius 3 is 1.46 bits per heavy atom. The maximum atomic E-state index is 8.70. The van der Waals surface area contributed by atoms with Crippen LogP contribution in [0.25, 0.3) is 5.57 Å². The minimum atomic E-state index is -2.87. The molecule has 7 heteroatoms. The molecule has 0 aliphatic rings. The maximum absolute atomic E-state index is 8.70. The maximum Gasteiger partial charge on any atom is 0.692 e. The fourth-order valence-electron chi connectivity index (χ4n) is 4.68. The van der Waals surface area contributed by atoms with Gasteiger partial charge in [0.1, 0.15) is 11.9 Å². The molecule has 0 amide bonds. The van der Waals surface area contributed by atoms with Gasteiger partial charge in [0.15, 0.2) is 5.82 Å². The second-order valence-electron chi connectivity index (χ2n) is 9.48. The fourth-order valence-corrected chi connectivity index (χ4v) is 4.68. The quantitative estimate of drug-likeness (QED) is 0.208. The molecule has 0 radical (unpaired) electrons. The molecular formula is C30H35N3O3P+. The summed E-state index contributed by atoms with van der Waals surface area (Å²) in [7, 11) is -2.87. The topological polar surface area (TPSA) is 88.2 Å². The van der Waals surface area contributed by atoms with Crippen LogP contribution in [0.15, 0.2) is 103 Å². The number of hydrogen-bond donors (Lipinski definition) is 2. The van der Waals surface area contributed by atoms with E-state index in [0.29, 0.717) is 11.8 Å². The van der Waals surface area contributed by atoms with E-state index in [0.717, 1.165) is 22.5 Å².